The molecular formula is C10H10ClNO2Si. The van der Waals surface area contributed by atoms with E-state index in [1.54, 1.807) is 6.07 Å². The predicted octanol–water partition coefficient (Wildman–Crippen LogP) is 0.917. The molecule has 0 saturated carbocycles. The van der Waals surface area contributed by atoms with Crippen LogP contribution in [-0.2, 0) is 0 Å². The van der Waals surface area contributed by atoms with Crippen molar-refractivity contribution in [3.8, 4) is 0 Å². The molecule has 78 valence electrons. The van der Waals surface area contributed by atoms with Gasteiger partial charge in [0.2, 0.25) is 0 Å². The minimum atomic E-state index is -1.07. The van der Waals surface area contributed by atoms with Gasteiger partial charge in [-0.25, -0.2) is 0 Å². The van der Waals surface area contributed by atoms with Crippen LogP contribution in [0.2, 0.25) is 18.1 Å². The molecule has 0 aromatic heterocycles. The van der Waals surface area contributed by atoms with Gasteiger partial charge >= 0.3 is 0 Å². The smallest absolute Gasteiger partial charge is 0.260 e. The molecule has 0 bridgehead atoms. The molecule has 5 heteroatoms. The van der Waals surface area contributed by atoms with Crippen LogP contribution in [0, 0.1) is 0 Å². The first-order valence-corrected chi connectivity index (χ1v) is 7.97. The monoisotopic (exact) mass is 239 g/mol. The highest BCUT2D eigenvalue weighted by Gasteiger charge is 2.30. The Bertz CT molecular complexity index is 471. The molecule has 1 N–H and O–H groups in total. The lowest BCUT2D eigenvalue weighted by Crippen LogP contribution is -2.25. The number of carbonyl (C=O) groups is 2. The highest BCUT2D eigenvalue weighted by atomic mass is 35.5. The number of fused-ring (bicyclic) bond motifs is 1. The van der Waals surface area contributed by atoms with Gasteiger partial charge in [0.25, 0.3) is 11.8 Å². The molecule has 1 aliphatic heterocycles. The van der Waals surface area contributed by atoms with E-state index in [-0.39, 0.29) is 11.8 Å². The second-order valence-electron chi connectivity index (χ2n) is 3.83. The zero-order valence-corrected chi connectivity index (χ0v) is 10.3. The van der Waals surface area contributed by atoms with E-state index in [1.165, 1.54) is 0 Å². The van der Waals surface area contributed by atoms with Gasteiger partial charge in [0.1, 0.15) is 0 Å². The number of halogens is 1. The van der Waals surface area contributed by atoms with Gasteiger partial charge in [0, 0.05) is 0 Å². The molecule has 0 saturated heterocycles. The molecule has 1 aromatic carbocycles. The van der Waals surface area contributed by atoms with Crippen LogP contribution in [-0.4, -0.2) is 20.6 Å². The van der Waals surface area contributed by atoms with Crippen molar-refractivity contribution in [3.05, 3.63) is 28.3 Å². The average molecular weight is 240 g/mol. The second-order valence-corrected chi connectivity index (χ2v) is 7.14. The first kappa shape index (κ1) is 10.4. The van der Waals surface area contributed by atoms with E-state index >= 15 is 0 Å². The van der Waals surface area contributed by atoms with Crippen LogP contribution in [0.15, 0.2) is 12.1 Å². The van der Waals surface area contributed by atoms with Crippen molar-refractivity contribution in [3.63, 3.8) is 0 Å². The summed E-state index contributed by atoms with van der Waals surface area (Å²) >= 11 is 6.13. The quantitative estimate of drug-likeness (QED) is 0.585. The van der Waals surface area contributed by atoms with Gasteiger partial charge in [-0.2, -0.15) is 0 Å². The van der Waals surface area contributed by atoms with Gasteiger partial charge in [0.05, 0.1) is 24.9 Å². The first-order valence-electron chi connectivity index (χ1n) is 4.70. The topological polar surface area (TPSA) is 46.2 Å². The maximum atomic E-state index is 11.5. The van der Waals surface area contributed by atoms with Gasteiger partial charge in [-0.05, 0) is 11.3 Å². The fourth-order valence-corrected chi connectivity index (χ4v) is 3.72. The Morgan fingerprint density at radius 3 is 2.47 bits per heavy atom. The van der Waals surface area contributed by atoms with E-state index in [0.29, 0.717) is 16.1 Å². The van der Waals surface area contributed by atoms with Gasteiger partial charge in [0.15, 0.2) is 0 Å². The number of imide groups is 1. The van der Waals surface area contributed by atoms with E-state index in [1.807, 2.05) is 6.07 Å². The van der Waals surface area contributed by atoms with Gasteiger partial charge in [-0.15, -0.1) is 0 Å². The van der Waals surface area contributed by atoms with Crippen LogP contribution < -0.4 is 10.5 Å². The van der Waals surface area contributed by atoms with Gasteiger partial charge in [-0.3, -0.25) is 14.9 Å². The van der Waals surface area contributed by atoms with Crippen molar-refractivity contribution in [2.24, 2.45) is 0 Å². The maximum absolute atomic E-state index is 11.5. The molecule has 1 aliphatic rings. The van der Waals surface area contributed by atoms with Crippen LogP contribution in [0.5, 0.6) is 0 Å². The third kappa shape index (κ3) is 1.50. The second kappa shape index (κ2) is 3.47. The summed E-state index contributed by atoms with van der Waals surface area (Å²) in [7, 11) is -1.07. The Balaban J connectivity index is 2.68. The molecule has 0 aliphatic carbocycles. The van der Waals surface area contributed by atoms with Crippen LogP contribution in [0.25, 0.3) is 0 Å². The molecule has 3 nitrogen and oxygen atoms in total. The summed E-state index contributed by atoms with van der Waals surface area (Å²) in [5.41, 5.74) is 0.740. The van der Waals surface area contributed by atoms with Crippen molar-refractivity contribution in [1.29, 1.82) is 0 Å². The fraction of sp³-hybridized carbons (Fsp3) is 0.200. The minimum Gasteiger partial charge on any atom is -0.288 e. The number of rotatable bonds is 1. The van der Waals surface area contributed by atoms with E-state index in [0.717, 1.165) is 5.19 Å². The van der Waals surface area contributed by atoms with Crippen molar-refractivity contribution in [2.75, 3.05) is 0 Å². The van der Waals surface area contributed by atoms with E-state index in [2.05, 4.69) is 18.4 Å². The van der Waals surface area contributed by atoms with Crippen molar-refractivity contribution in [1.82, 2.24) is 5.32 Å². The van der Waals surface area contributed by atoms with Crippen molar-refractivity contribution >= 4 is 37.4 Å². The third-order valence-electron chi connectivity index (χ3n) is 2.49. The number of benzene rings is 1. The Morgan fingerprint density at radius 1 is 1.20 bits per heavy atom. The molecule has 0 radical (unpaired) electrons. The lowest BCUT2D eigenvalue weighted by molar-refractivity contribution is 0.0879. The van der Waals surface area contributed by atoms with Gasteiger partial charge < -0.3 is 0 Å². The lowest BCUT2D eigenvalue weighted by Gasteiger charge is -2.08. The normalized spacial score (nSPS) is 14.4. The molecule has 1 heterocycles. The Labute approximate surface area is 94.0 Å². The fourth-order valence-electron chi connectivity index (χ4n) is 1.68. The highest BCUT2D eigenvalue weighted by molar-refractivity contribution is 6.73. The molecule has 0 atom stereocenters. The summed E-state index contributed by atoms with van der Waals surface area (Å²) in [5.74, 6) is -0.731. The lowest BCUT2D eigenvalue weighted by atomic mass is 10.1. The molecular weight excluding hydrogens is 230 g/mol. The molecule has 0 unspecified atom stereocenters. The van der Waals surface area contributed by atoms with Crippen LogP contribution in [0.1, 0.15) is 20.7 Å². The SMILES string of the molecule is C[SiH](C)c1ccc2c(c1Cl)C(=O)NC2=O. The zero-order valence-electron chi connectivity index (χ0n) is 8.43. The third-order valence-corrected chi connectivity index (χ3v) is 4.81. The summed E-state index contributed by atoms with van der Waals surface area (Å²) in [5, 5.41) is 3.73. The first-order chi connectivity index (χ1) is 7.02. The van der Waals surface area contributed by atoms with E-state index < -0.39 is 8.80 Å². The average Bonchev–Trinajstić information content (AvgIpc) is 2.43. The minimum absolute atomic E-state index is 0.348. The molecule has 2 rings (SSSR count). The largest absolute Gasteiger partial charge is 0.288 e. The zero-order chi connectivity index (χ0) is 11.2. The Hall–Kier alpha value is -1.13. The van der Waals surface area contributed by atoms with E-state index in [4.69, 9.17) is 11.6 Å². The molecule has 1 aromatic rings. The standard InChI is InChI=1S/C10H10ClNO2Si/c1-15(2)6-4-3-5-7(8(6)11)10(14)12-9(5)13/h3-4,15H,1-2H3,(H,12,13,14). The summed E-state index contributed by atoms with van der Waals surface area (Å²) in [6.45, 7) is 4.25. The Morgan fingerprint density at radius 2 is 1.87 bits per heavy atom. The predicted molar refractivity (Wildman–Crippen MR) is 61.8 cm³/mol. The summed E-state index contributed by atoms with van der Waals surface area (Å²) in [6.07, 6.45) is 0. The van der Waals surface area contributed by atoms with Crippen LogP contribution in [0.3, 0.4) is 0 Å². The number of hydrogen-bond donors (Lipinski definition) is 1. The molecule has 15 heavy (non-hydrogen) atoms. The van der Waals surface area contributed by atoms with Crippen LogP contribution >= 0.6 is 11.6 Å². The number of hydrogen-bond acceptors (Lipinski definition) is 2. The van der Waals surface area contributed by atoms with Crippen molar-refractivity contribution in [2.45, 2.75) is 13.1 Å². The molecule has 0 fully saturated rings. The van der Waals surface area contributed by atoms with E-state index in [9.17, 15) is 9.59 Å². The number of amides is 2. The molecule has 0 spiro atoms. The Kier molecular flexibility index (Phi) is 2.40. The maximum Gasteiger partial charge on any atom is 0.260 e. The van der Waals surface area contributed by atoms with Crippen LogP contribution in [0.4, 0.5) is 0 Å². The summed E-state index contributed by atoms with van der Waals surface area (Å²) in [4.78, 5) is 22.8. The number of carbonyl (C=O) groups excluding carboxylic acids is 2. The highest BCUT2D eigenvalue weighted by Crippen LogP contribution is 2.23. The summed E-state index contributed by atoms with van der Waals surface area (Å²) in [6, 6.07) is 3.54. The molecule has 2 amide bonds. The number of nitrogens with one attached hydrogen (secondary N) is 1. The van der Waals surface area contributed by atoms with Crippen molar-refractivity contribution < 1.29 is 9.59 Å². The van der Waals surface area contributed by atoms with Gasteiger partial charge in [-0.1, -0.05) is 30.8 Å². The summed E-state index contributed by atoms with van der Waals surface area (Å²) < 4.78 is 0.